The number of ether oxygens (including phenoxy) is 1. The molecule has 0 aliphatic carbocycles. The Labute approximate surface area is 110 Å². The molecule has 0 bridgehead atoms. The Balaban J connectivity index is 1.81. The number of thiophene rings is 1. The van der Waals surface area contributed by atoms with Gasteiger partial charge in [0.25, 0.3) is 0 Å². The van der Waals surface area contributed by atoms with E-state index in [2.05, 4.69) is 11.0 Å². The standard InChI is InChI=1S/C11H15ClN2O2S/c1-16-11(15)14-6-4-13(5-7-14)8-9-2-3-10(12)17-9/h2-3H,4-8H2,1H3. The number of hydrogen-bond donors (Lipinski definition) is 0. The first-order chi connectivity index (χ1) is 8.19. The summed E-state index contributed by atoms with van der Waals surface area (Å²) in [6.07, 6.45) is -0.233. The van der Waals surface area contributed by atoms with E-state index in [1.807, 2.05) is 6.07 Å². The smallest absolute Gasteiger partial charge is 0.409 e. The fourth-order valence-electron chi connectivity index (χ4n) is 1.87. The highest BCUT2D eigenvalue weighted by Crippen LogP contribution is 2.23. The Morgan fingerprint density at radius 3 is 2.65 bits per heavy atom. The fourth-order valence-corrected chi connectivity index (χ4v) is 3.00. The summed E-state index contributed by atoms with van der Waals surface area (Å²) in [5.74, 6) is 0. The topological polar surface area (TPSA) is 32.8 Å². The molecule has 1 aliphatic rings. The molecular formula is C11H15ClN2O2S. The minimum Gasteiger partial charge on any atom is -0.453 e. The first-order valence-corrected chi connectivity index (χ1v) is 6.68. The summed E-state index contributed by atoms with van der Waals surface area (Å²) < 4.78 is 5.53. The highest BCUT2D eigenvalue weighted by molar-refractivity contribution is 7.16. The van der Waals surface area contributed by atoms with Crippen molar-refractivity contribution in [2.75, 3.05) is 33.3 Å². The van der Waals surface area contributed by atoms with Crippen molar-refractivity contribution in [3.63, 3.8) is 0 Å². The summed E-state index contributed by atoms with van der Waals surface area (Å²) >= 11 is 7.50. The van der Waals surface area contributed by atoms with Crippen molar-refractivity contribution >= 4 is 29.0 Å². The number of carbonyl (C=O) groups is 1. The maximum Gasteiger partial charge on any atom is 0.409 e. The van der Waals surface area contributed by atoms with Crippen LogP contribution in [-0.4, -0.2) is 49.2 Å². The monoisotopic (exact) mass is 274 g/mol. The van der Waals surface area contributed by atoms with Crippen molar-refractivity contribution in [2.24, 2.45) is 0 Å². The minimum atomic E-state index is -0.233. The second-order valence-electron chi connectivity index (χ2n) is 3.94. The van der Waals surface area contributed by atoms with Crippen molar-refractivity contribution in [1.82, 2.24) is 9.80 Å². The Morgan fingerprint density at radius 1 is 1.41 bits per heavy atom. The number of methoxy groups -OCH3 is 1. The number of hydrogen-bond acceptors (Lipinski definition) is 4. The molecule has 2 rings (SSSR count). The zero-order valence-electron chi connectivity index (χ0n) is 9.69. The van der Waals surface area contributed by atoms with E-state index in [9.17, 15) is 4.79 Å². The molecule has 0 aromatic carbocycles. The lowest BCUT2D eigenvalue weighted by Gasteiger charge is -2.33. The largest absolute Gasteiger partial charge is 0.453 e. The van der Waals surface area contributed by atoms with Gasteiger partial charge in [0.05, 0.1) is 11.4 Å². The van der Waals surface area contributed by atoms with Crippen molar-refractivity contribution in [3.05, 3.63) is 21.3 Å². The van der Waals surface area contributed by atoms with Gasteiger partial charge in [-0.25, -0.2) is 4.79 Å². The van der Waals surface area contributed by atoms with Crippen molar-refractivity contribution in [1.29, 1.82) is 0 Å². The van der Waals surface area contributed by atoms with Gasteiger partial charge in [-0.1, -0.05) is 11.6 Å². The average molecular weight is 275 g/mol. The summed E-state index contributed by atoms with van der Waals surface area (Å²) in [6, 6.07) is 3.98. The molecule has 0 N–H and O–H groups in total. The van der Waals surface area contributed by atoms with E-state index in [0.29, 0.717) is 0 Å². The second-order valence-corrected chi connectivity index (χ2v) is 5.74. The third-order valence-electron chi connectivity index (χ3n) is 2.81. The van der Waals surface area contributed by atoms with Gasteiger partial charge in [-0.3, -0.25) is 4.90 Å². The fraction of sp³-hybridized carbons (Fsp3) is 0.545. The first-order valence-electron chi connectivity index (χ1n) is 5.48. The van der Waals surface area contributed by atoms with Gasteiger partial charge < -0.3 is 9.64 Å². The van der Waals surface area contributed by atoms with E-state index in [1.54, 1.807) is 16.2 Å². The van der Waals surface area contributed by atoms with Gasteiger partial charge in [0.1, 0.15) is 0 Å². The van der Waals surface area contributed by atoms with Crippen molar-refractivity contribution in [2.45, 2.75) is 6.54 Å². The van der Waals surface area contributed by atoms with Crippen LogP contribution in [0.5, 0.6) is 0 Å². The second kappa shape index (κ2) is 5.71. The Bertz CT molecular complexity index is 389. The third kappa shape index (κ3) is 3.34. The van der Waals surface area contributed by atoms with Crippen LogP contribution in [0.15, 0.2) is 12.1 Å². The highest BCUT2D eigenvalue weighted by atomic mass is 35.5. The van der Waals surface area contributed by atoms with Crippen LogP contribution in [0, 0.1) is 0 Å². The van der Waals surface area contributed by atoms with Gasteiger partial charge in [0, 0.05) is 37.6 Å². The van der Waals surface area contributed by atoms with Crippen LogP contribution in [0.25, 0.3) is 0 Å². The summed E-state index contributed by atoms with van der Waals surface area (Å²) in [4.78, 5) is 16.6. The quantitative estimate of drug-likeness (QED) is 0.830. The number of rotatable bonds is 2. The molecule has 2 heterocycles. The third-order valence-corrected chi connectivity index (χ3v) is 4.03. The molecule has 0 atom stereocenters. The predicted octanol–water partition coefficient (Wildman–Crippen LogP) is 2.29. The average Bonchev–Trinajstić information content (AvgIpc) is 2.75. The normalized spacial score (nSPS) is 17.2. The number of nitrogens with zero attached hydrogens (tertiary/aromatic N) is 2. The van der Waals surface area contributed by atoms with Crippen molar-refractivity contribution in [3.8, 4) is 0 Å². The molecule has 4 nitrogen and oxygen atoms in total. The molecule has 17 heavy (non-hydrogen) atoms. The van der Waals surface area contributed by atoms with E-state index >= 15 is 0 Å². The molecule has 1 aliphatic heterocycles. The summed E-state index contributed by atoms with van der Waals surface area (Å²) in [5.41, 5.74) is 0. The van der Waals surface area contributed by atoms with E-state index < -0.39 is 0 Å². The van der Waals surface area contributed by atoms with E-state index in [1.165, 1.54) is 12.0 Å². The molecule has 0 spiro atoms. The lowest BCUT2D eigenvalue weighted by Crippen LogP contribution is -2.48. The van der Waals surface area contributed by atoms with Crippen LogP contribution in [-0.2, 0) is 11.3 Å². The maximum absolute atomic E-state index is 11.3. The molecule has 1 amide bonds. The molecule has 6 heteroatoms. The van der Waals surface area contributed by atoms with Crippen LogP contribution >= 0.6 is 22.9 Å². The predicted molar refractivity (Wildman–Crippen MR) is 68.6 cm³/mol. The van der Waals surface area contributed by atoms with Crippen LogP contribution in [0.4, 0.5) is 4.79 Å². The zero-order chi connectivity index (χ0) is 12.3. The number of amides is 1. The summed E-state index contributed by atoms with van der Waals surface area (Å²) in [6.45, 7) is 4.12. The zero-order valence-corrected chi connectivity index (χ0v) is 11.3. The molecule has 0 saturated carbocycles. The first kappa shape index (κ1) is 12.7. The molecule has 0 radical (unpaired) electrons. The van der Waals surface area contributed by atoms with Gasteiger partial charge in [-0.05, 0) is 12.1 Å². The molecule has 94 valence electrons. The lowest BCUT2D eigenvalue weighted by atomic mass is 10.3. The molecule has 1 aromatic heterocycles. The Morgan fingerprint density at radius 2 is 2.12 bits per heavy atom. The highest BCUT2D eigenvalue weighted by Gasteiger charge is 2.21. The summed E-state index contributed by atoms with van der Waals surface area (Å²) in [5, 5.41) is 0. The van der Waals surface area contributed by atoms with E-state index in [-0.39, 0.29) is 6.09 Å². The van der Waals surface area contributed by atoms with Crippen LogP contribution in [0.2, 0.25) is 4.34 Å². The number of halogens is 1. The number of carbonyl (C=O) groups excluding carboxylic acids is 1. The molecule has 1 aromatic rings. The molecule has 1 saturated heterocycles. The van der Waals surface area contributed by atoms with Gasteiger partial charge >= 0.3 is 6.09 Å². The van der Waals surface area contributed by atoms with Crippen LogP contribution < -0.4 is 0 Å². The van der Waals surface area contributed by atoms with Gasteiger partial charge in [-0.15, -0.1) is 11.3 Å². The van der Waals surface area contributed by atoms with Crippen molar-refractivity contribution < 1.29 is 9.53 Å². The maximum atomic E-state index is 11.3. The van der Waals surface area contributed by atoms with Crippen LogP contribution in [0.1, 0.15) is 4.88 Å². The van der Waals surface area contributed by atoms with E-state index in [4.69, 9.17) is 16.3 Å². The number of piperazine rings is 1. The minimum absolute atomic E-state index is 0.233. The van der Waals surface area contributed by atoms with Gasteiger partial charge in [0.15, 0.2) is 0 Å². The molecule has 1 fully saturated rings. The molecular weight excluding hydrogens is 260 g/mol. The van der Waals surface area contributed by atoms with Crippen LogP contribution in [0.3, 0.4) is 0 Å². The van der Waals surface area contributed by atoms with Gasteiger partial charge in [0.2, 0.25) is 0 Å². The molecule has 0 unspecified atom stereocenters. The van der Waals surface area contributed by atoms with Gasteiger partial charge in [-0.2, -0.15) is 0 Å². The SMILES string of the molecule is COC(=O)N1CCN(Cc2ccc(Cl)s2)CC1. The Hall–Kier alpha value is -0.780. The van der Waals surface area contributed by atoms with E-state index in [0.717, 1.165) is 37.1 Å². The Kier molecular flexibility index (Phi) is 4.25. The lowest BCUT2D eigenvalue weighted by molar-refractivity contribution is 0.0892. The summed E-state index contributed by atoms with van der Waals surface area (Å²) in [7, 11) is 1.42.